The molecule has 0 aliphatic rings. The number of rotatable bonds is 5. The van der Waals surface area contributed by atoms with Crippen molar-refractivity contribution in [1.82, 2.24) is 14.9 Å². The van der Waals surface area contributed by atoms with Gasteiger partial charge in [0.15, 0.2) is 0 Å². The fraction of sp³-hybridized carbons (Fsp3) is 0.267. The topological polar surface area (TPSA) is 64.0 Å². The van der Waals surface area contributed by atoms with Crippen LogP contribution in [0.2, 0.25) is 5.02 Å². The van der Waals surface area contributed by atoms with Crippen molar-refractivity contribution in [3.05, 3.63) is 63.3 Å². The fourth-order valence-corrected chi connectivity index (χ4v) is 2.06. The van der Waals surface area contributed by atoms with E-state index in [1.807, 2.05) is 19.1 Å². The summed E-state index contributed by atoms with van der Waals surface area (Å²) in [6, 6.07) is 6.95. The molecule has 1 heterocycles. The molecule has 0 aliphatic carbocycles. The lowest BCUT2D eigenvalue weighted by Crippen LogP contribution is -2.31. The molecule has 0 unspecified atom stereocenters. The minimum Gasteiger partial charge on any atom is -0.354 e. The Morgan fingerprint density at radius 2 is 2.19 bits per heavy atom. The van der Waals surface area contributed by atoms with Crippen LogP contribution in [0.5, 0.6) is 0 Å². The van der Waals surface area contributed by atoms with E-state index in [4.69, 9.17) is 11.6 Å². The number of aryl methyl sites for hydroxylation is 1. The standard InChI is InChI=1S/C15H16ClN3O2/c1-11-2-3-12(8-13(11)16)9-14(20)18-6-7-19-10-17-5-4-15(19)21/h2-5,8,10H,6-7,9H2,1H3,(H,18,20). The molecule has 0 saturated carbocycles. The van der Waals surface area contributed by atoms with Gasteiger partial charge in [0.05, 0.1) is 12.7 Å². The summed E-state index contributed by atoms with van der Waals surface area (Å²) >= 11 is 6.02. The van der Waals surface area contributed by atoms with Gasteiger partial charge in [0.25, 0.3) is 5.56 Å². The van der Waals surface area contributed by atoms with Gasteiger partial charge in [0.1, 0.15) is 0 Å². The molecule has 1 amide bonds. The molecule has 1 aromatic carbocycles. The van der Waals surface area contributed by atoms with E-state index in [1.54, 1.807) is 6.07 Å². The molecule has 0 fully saturated rings. The van der Waals surface area contributed by atoms with Crippen molar-refractivity contribution in [2.75, 3.05) is 6.54 Å². The normalized spacial score (nSPS) is 10.4. The van der Waals surface area contributed by atoms with Crippen molar-refractivity contribution in [3.63, 3.8) is 0 Å². The number of nitrogens with zero attached hydrogens (tertiary/aromatic N) is 2. The number of carbonyl (C=O) groups is 1. The molecule has 0 spiro atoms. The minimum absolute atomic E-state index is 0.105. The van der Waals surface area contributed by atoms with Crippen LogP contribution < -0.4 is 10.9 Å². The quantitative estimate of drug-likeness (QED) is 0.912. The van der Waals surface area contributed by atoms with E-state index in [0.29, 0.717) is 18.1 Å². The first kappa shape index (κ1) is 15.3. The largest absolute Gasteiger partial charge is 0.354 e. The second-order valence-electron chi connectivity index (χ2n) is 4.72. The lowest BCUT2D eigenvalue weighted by Gasteiger charge is -2.07. The fourth-order valence-electron chi connectivity index (χ4n) is 1.86. The van der Waals surface area contributed by atoms with Crippen molar-refractivity contribution < 1.29 is 4.79 Å². The van der Waals surface area contributed by atoms with Crippen molar-refractivity contribution in [2.24, 2.45) is 0 Å². The minimum atomic E-state index is -0.135. The van der Waals surface area contributed by atoms with Crippen molar-refractivity contribution in [2.45, 2.75) is 19.9 Å². The number of aromatic nitrogens is 2. The monoisotopic (exact) mass is 305 g/mol. The lowest BCUT2D eigenvalue weighted by atomic mass is 10.1. The van der Waals surface area contributed by atoms with Gasteiger partial charge in [0.2, 0.25) is 5.91 Å². The first-order chi connectivity index (χ1) is 10.1. The van der Waals surface area contributed by atoms with Crippen LogP contribution in [-0.4, -0.2) is 22.0 Å². The van der Waals surface area contributed by atoms with Crippen LogP contribution in [0.15, 0.2) is 41.6 Å². The molecule has 1 aromatic heterocycles. The highest BCUT2D eigenvalue weighted by Gasteiger charge is 2.05. The Labute approximate surface area is 127 Å². The Morgan fingerprint density at radius 3 is 2.90 bits per heavy atom. The predicted molar refractivity (Wildman–Crippen MR) is 81.4 cm³/mol. The molecule has 0 saturated heterocycles. The predicted octanol–water partition coefficient (Wildman–Crippen LogP) is 1.56. The van der Waals surface area contributed by atoms with Gasteiger partial charge in [0, 0.05) is 30.4 Å². The second-order valence-corrected chi connectivity index (χ2v) is 5.13. The van der Waals surface area contributed by atoms with Gasteiger partial charge >= 0.3 is 0 Å². The van der Waals surface area contributed by atoms with Crippen molar-refractivity contribution >= 4 is 17.5 Å². The summed E-state index contributed by atoms with van der Waals surface area (Å²) in [5.74, 6) is -0.105. The maximum Gasteiger partial charge on any atom is 0.253 e. The van der Waals surface area contributed by atoms with Gasteiger partial charge in [-0.05, 0) is 24.1 Å². The molecule has 2 rings (SSSR count). The zero-order valence-corrected chi connectivity index (χ0v) is 12.4. The van der Waals surface area contributed by atoms with E-state index >= 15 is 0 Å². The molecule has 21 heavy (non-hydrogen) atoms. The molecule has 110 valence electrons. The van der Waals surface area contributed by atoms with Crippen LogP contribution >= 0.6 is 11.6 Å². The van der Waals surface area contributed by atoms with Crippen LogP contribution in [0.1, 0.15) is 11.1 Å². The van der Waals surface area contributed by atoms with Crippen LogP contribution in [0.4, 0.5) is 0 Å². The number of amides is 1. The van der Waals surface area contributed by atoms with Crippen LogP contribution in [0.3, 0.4) is 0 Å². The lowest BCUT2D eigenvalue weighted by molar-refractivity contribution is -0.120. The summed E-state index contributed by atoms with van der Waals surface area (Å²) in [6.07, 6.45) is 3.16. The Balaban J connectivity index is 1.84. The number of hydrogen-bond acceptors (Lipinski definition) is 3. The van der Waals surface area contributed by atoms with E-state index in [1.165, 1.54) is 23.2 Å². The van der Waals surface area contributed by atoms with Gasteiger partial charge in [-0.15, -0.1) is 0 Å². The van der Waals surface area contributed by atoms with Gasteiger partial charge in [-0.1, -0.05) is 23.7 Å². The summed E-state index contributed by atoms with van der Waals surface area (Å²) in [7, 11) is 0. The third kappa shape index (κ3) is 4.43. The second kappa shape index (κ2) is 7.04. The highest BCUT2D eigenvalue weighted by Crippen LogP contribution is 2.16. The highest BCUT2D eigenvalue weighted by atomic mass is 35.5. The third-order valence-electron chi connectivity index (χ3n) is 3.07. The Kier molecular flexibility index (Phi) is 5.11. The van der Waals surface area contributed by atoms with Gasteiger partial charge in [-0.2, -0.15) is 0 Å². The number of benzene rings is 1. The smallest absolute Gasteiger partial charge is 0.253 e. The highest BCUT2D eigenvalue weighted by molar-refractivity contribution is 6.31. The molecule has 0 radical (unpaired) electrons. The molecule has 5 nitrogen and oxygen atoms in total. The Hall–Kier alpha value is -2.14. The zero-order chi connectivity index (χ0) is 15.2. The molecule has 2 aromatic rings. The maximum absolute atomic E-state index is 11.8. The van der Waals surface area contributed by atoms with E-state index in [0.717, 1.165) is 11.1 Å². The van der Waals surface area contributed by atoms with Crippen molar-refractivity contribution in [3.8, 4) is 0 Å². The number of carbonyl (C=O) groups excluding carboxylic acids is 1. The summed E-state index contributed by atoms with van der Waals surface area (Å²) in [5.41, 5.74) is 1.71. The van der Waals surface area contributed by atoms with Crippen LogP contribution in [-0.2, 0) is 17.8 Å². The molecular weight excluding hydrogens is 290 g/mol. The van der Waals surface area contributed by atoms with E-state index in [2.05, 4.69) is 10.3 Å². The first-order valence-corrected chi connectivity index (χ1v) is 6.96. The SMILES string of the molecule is Cc1ccc(CC(=O)NCCn2cnccc2=O)cc1Cl. The van der Waals surface area contributed by atoms with Crippen LogP contribution in [0, 0.1) is 6.92 Å². The summed E-state index contributed by atoms with van der Waals surface area (Å²) in [5, 5.41) is 3.43. The average Bonchev–Trinajstić information content (AvgIpc) is 2.45. The number of halogens is 1. The summed E-state index contributed by atoms with van der Waals surface area (Å²) < 4.78 is 1.45. The van der Waals surface area contributed by atoms with E-state index < -0.39 is 0 Å². The molecule has 0 atom stereocenters. The molecule has 0 bridgehead atoms. The van der Waals surface area contributed by atoms with E-state index in [9.17, 15) is 9.59 Å². The number of nitrogens with one attached hydrogen (secondary N) is 1. The van der Waals surface area contributed by atoms with Crippen LogP contribution in [0.25, 0.3) is 0 Å². The number of hydrogen-bond donors (Lipinski definition) is 1. The summed E-state index contributed by atoms with van der Waals surface area (Å²) in [4.78, 5) is 27.1. The maximum atomic E-state index is 11.8. The first-order valence-electron chi connectivity index (χ1n) is 6.58. The van der Waals surface area contributed by atoms with Gasteiger partial charge in [-0.3, -0.25) is 14.2 Å². The molecule has 1 N–H and O–H groups in total. The van der Waals surface area contributed by atoms with Gasteiger partial charge < -0.3 is 5.32 Å². The van der Waals surface area contributed by atoms with E-state index in [-0.39, 0.29) is 17.9 Å². The molecule has 0 aliphatic heterocycles. The van der Waals surface area contributed by atoms with Crippen molar-refractivity contribution in [1.29, 1.82) is 0 Å². The zero-order valence-electron chi connectivity index (χ0n) is 11.7. The average molecular weight is 306 g/mol. The Morgan fingerprint density at radius 1 is 1.38 bits per heavy atom. The third-order valence-corrected chi connectivity index (χ3v) is 3.48. The van der Waals surface area contributed by atoms with Gasteiger partial charge in [-0.25, -0.2) is 4.98 Å². The Bertz CT molecular complexity index is 697. The molecular formula is C15H16ClN3O2. The summed E-state index contributed by atoms with van der Waals surface area (Å²) in [6.45, 7) is 2.69. The molecule has 6 heteroatoms.